The number of para-hydroxylation sites is 1. The molecule has 4 atom stereocenters. The van der Waals surface area contributed by atoms with Crippen molar-refractivity contribution < 1.29 is 19.0 Å². The lowest BCUT2D eigenvalue weighted by Gasteiger charge is -2.18. The molecule has 2 amide bonds. The average Bonchev–Trinajstić information content (AvgIpc) is 3.55. The number of nitrogens with zero attached hydrogens (tertiary/aromatic N) is 3. The third kappa shape index (κ3) is 4.58. The van der Waals surface area contributed by atoms with Crippen molar-refractivity contribution in [2.24, 2.45) is 0 Å². The standard InChI is InChI=1S/C23H25N5O4/c29-23(24-11-16-7-3-1-4-8-16)25-19-14-31-22-20(15-32-21(19)22)28-12-17(26-27-28)13-30-18-9-5-2-6-10-18/h1-10,12,19-22H,11,13-15H2,(H2,24,25,29). The summed E-state index contributed by atoms with van der Waals surface area (Å²) in [5.41, 5.74) is 1.77. The maximum atomic E-state index is 12.3. The van der Waals surface area contributed by atoms with Crippen LogP contribution in [0.15, 0.2) is 66.9 Å². The minimum Gasteiger partial charge on any atom is -0.487 e. The van der Waals surface area contributed by atoms with Crippen molar-refractivity contribution in [3.63, 3.8) is 0 Å². The summed E-state index contributed by atoms with van der Waals surface area (Å²) in [7, 11) is 0. The highest BCUT2D eigenvalue weighted by Crippen LogP contribution is 2.34. The molecule has 0 radical (unpaired) electrons. The number of amides is 2. The van der Waals surface area contributed by atoms with Crippen molar-refractivity contribution in [3.8, 4) is 5.75 Å². The van der Waals surface area contributed by atoms with Crippen LogP contribution in [0.25, 0.3) is 0 Å². The highest BCUT2D eigenvalue weighted by Gasteiger charge is 2.49. The molecule has 3 heterocycles. The first-order valence-corrected chi connectivity index (χ1v) is 10.7. The number of carbonyl (C=O) groups excluding carboxylic acids is 1. The Balaban J connectivity index is 1.13. The van der Waals surface area contributed by atoms with Crippen LogP contribution < -0.4 is 15.4 Å². The summed E-state index contributed by atoms with van der Waals surface area (Å²) in [5.74, 6) is 0.782. The molecule has 0 aliphatic carbocycles. The Labute approximate surface area is 185 Å². The van der Waals surface area contributed by atoms with Crippen molar-refractivity contribution in [1.29, 1.82) is 0 Å². The maximum Gasteiger partial charge on any atom is 0.315 e. The molecule has 166 valence electrons. The van der Waals surface area contributed by atoms with E-state index in [2.05, 4.69) is 20.9 Å². The minimum atomic E-state index is -0.240. The summed E-state index contributed by atoms with van der Waals surface area (Å²) in [6.45, 7) is 1.63. The Hall–Kier alpha value is -3.43. The molecule has 2 aliphatic rings. The van der Waals surface area contributed by atoms with Gasteiger partial charge in [-0.1, -0.05) is 53.7 Å². The van der Waals surface area contributed by atoms with E-state index in [1.54, 1.807) is 4.68 Å². The van der Waals surface area contributed by atoms with Crippen LogP contribution in [0.5, 0.6) is 5.75 Å². The zero-order valence-corrected chi connectivity index (χ0v) is 17.5. The summed E-state index contributed by atoms with van der Waals surface area (Å²) in [6, 6.07) is 18.8. The molecule has 5 rings (SSSR count). The van der Waals surface area contributed by atoms with Gasteiger partial charge in [0.25, 0.3) is 0 Å². The Morgan fingerprint density at radius 3 is 2.59 bits per heavy atom. The highest BCUT2D eigenvalue weighted by atomic mass is 16.6. The highest BCUT2D eigenvalue weighted by molar-refractivity contribution is 5.74. The van der Waals surface area contributed by atoms with Crippen molar-refractivity contribution >= 4 is 6.03 Å². The molecule has 0 saturated carbocycles. The van der Waals surface area contributed by atoms with Gasteiger partial charge in [-0.05, 0) is 17.7 Å². The van der Waals surface area contributed by atoms with Crippen LogP contribution in [0.1, 0.15) is 17.3 Å². The monoisotopic (exact) mass is 435 g/mol. The third-order valence-electron chi connectivity index (χ3n) is 5.67. The minimum absolute atomic E-state index is 0.0999. The quantitative estimate of drug-likeness (QED) is 0.589. The predicted molar refractivity (Wildman–Crippen MR) is 115 cm³/mol. The molecule has 2 fully saturated rings. The number of fused-ring (bicyclic) bond motifs is 1. The fraction of sp³-hybridized carbons (Fsp3) is 0.348. The van der Waals surface area contributed by atoms with E-state index in [9.17, 15) is 4.79 Å². The van der Waals surface area contributed by atoms with E-state index in [1.165, 1.54) is 0 Å². The van der Waals surface area contributed by atoms with Crippen molar-refractivity contribution in [1.82, 2.24) is 25.6 Å². The number of aromatic nitrogens is 3. The topological polar surface area (TPSA) is 99.5 Å². The fourth-order valence-electron chi connectivity index (χ4n) is 4.04. The van der Waals surface area contributed by atoms with Gasteiger partial charge in [-0.15, -0.1) is 5.10 Å². The first-order chi connectivity index (χ1) is 15.8. The summed E-state index contributed by atoms with van der Waals surface area (Å²) >= 11 is 0. The van der Waals surface area contributed by atoms with Crippen molar-refractivity contribution in [2.45, 2.75) is 37.4 Å². The van der Waals surface area contributed by atoms with E-state index in [1.807, 2.05) is 66.9 Å². The van der Waals surface area contributed by atoms with Crippen LogP contribution in [-0.4, -0.2) is 52.5 Å². The molecule has 3 aromatic rings. The lowest BCUT2D eigenvalue weighted by atomic mass is 10.1. The Bertz CT molecular complexity index is 1030. The molecule has 9 heteroatoms. The van der Waals surface area contributed by atoms with E-state index < -0.39 is 0 Å². The van der Waals surface area contributed by atoms with E-state index in [0.717, 1.165) is 17.0 Å². The molecule has 2 aromatic carbocycles. The van der Waals surface area contributed by atoms with Gasteiger partial charge in [-0.3, -0.25) is 0 Å². The molecule has 2 aliphatic heterocycles. The molecule has 4 unspecified atom stereocenters. The van der Waals surface area contributed by atoms with Crippen molar-refractivity contribution in [3.05, 3.63) is 78.1 Å². The Morgan fingerprint density at radius 1 is 1.03 bits per heavy atom. The molecule has 1 aromatic heterocycles. The largest absolute Gasteiger partial charge is 0.487 e. The summed E-state index contributed by atoms with van der Waals surface area (Å²) < 4.78 is 19.5. The second kappa shape index (κ2) is 9.37. The van der Waals surface area contributed by atoms with Crippen LogP contribution in [-0.2, 0) is 22.6 Å². The Morgan fingerprint density at radius 2 is 1.78 bits per heavy atom. The number of ether oxygens (including phenoxy) is 3. The molecule has 2 N–H and O–H groups in total. The van der Waals surface area contributed by atoms with E-state index in [-0.39, 0.29) is 30.3 Å². The SMILES string of the molecule is O=C(NCc1ccccc1)NC1COC2C1OCC2n1cc(COc2ccccc2)nn1. The van der Waals surface area contributed by atoms with Crippen molar-refractivity contribution in [2.75, 3.05) is 13.2 Å². The first-order valence-electron chi connectivity index (χ1n) is 10.7. The number of hydrogen-bond acceptors (Lipinski definition) is 6. The number of rotatable bonds is 7. The Kier molecular flexibility index (Phi) is 6.00. The van der Waals surface area contributed by atoms with Gasteiger partial charge in [0.15, 0.2) is 0 Å². The normalized spacial score (nSPS) is 24.1. The number of carbonyl (C=O) groups is 1. The second-order valence-corrected chi connectivity index (χ2v) is 7.87. The molecule has 0 bridgehead atoms. The molecule has 32 heavy (non-hydrogen) atoms. The van der Waals surface area contributed by atoms with Gasteiger partial charge in [0, 0.05) is 6.54 Å². The summed E-state index contributed by atoms with van der Waals surface area (Å²) in [6.07, 6.45) is 1.44. The predicted octanol–water partition coefficient (Wildman–Crippen LogP) is 2.06. The fourth-order valence-corrected chi connectivity index (χ4v) is 4.04. The summed E-state index contributed by atoms with van der Waals surface area (Å²) in [4.78, 5) is 12.3. The van der Waals surface area contributed by atoms with Gasteiger partial charge in [0.2, 0.25) is 0 Å². The molecule has 9 nitrogen and oxygen atoms in total. The molecule has 0 spiro atoms. The van der Waals surface area contributed by atoms with Crippen LogP contribution in [0.3, 0.4) is 0 Å². The second-order valence-electron chi connectivity index (χ2n) is 7.87. The number of urea groups is 1. The number of nitrogens with one attached hydrogen (secondary N) is 2. The van der Waals surface area contributed by atoms with Crippen LogP contribution in [0, 0.1) is 0 Å². The lowest BCUT2D eigenvalue weighted by Crippen LogP contribution is -2.48. The maximum absolute atomic E-state index is 12.3. The smallest absolute Gasteiger partial charge is 0.315 e. The van der Waals surface area contributed by atoms with Gasteiger partial charge in [0.1, 0.15) is 36.3 Å². The van der Waals surface area contributed by atoms with Crippen LogP contribution >= 0.6 is 0 Å². The van der Waals surface area contributed by atoms with Gasteiger partial charge >= 0.3 is 6.03 Å². The van der Waals surface area contributed by atoms with E-state index in [0.29, 0.717) is 26.4 Å². The van der Waals surface area contributed by atoms with E-state index >= 15 is 0 Å². The first kappa shape index (κ1) is 20.5. The average molecular weight is 435 g/mol. The molecule has 2 saturated heterocycles. The zero-order valence-electron chi connectivity index (χ0n) is 17.5. The van der Waals surface area contributed by atoms with Gasteiger partial charge in [-0.2, -0.15) is 0 Å². The number of hydrogen-bond donors (Lipinski definition) is 2. The lowest BCUT2D eigenvalue weighted by molar-refractivity contribution is 0.0622. The third-order valence-corrected chi connectivity index (χ3v) is 5.67. The van der Waals surface area contributed by atoms with Gasteiger partial charge < -0.3 is 24.8 Å². The summed E-state index contributed by atoms with van der Waals surface area (Å²) in [5, 5.41) is 14.3. The van der Waals surface area contributed by atoms with Gasteiger partial charge in [-0.25, -0.2) is 9.48 Å². The zero-order chi connectivity index (χ0) is 21.8. The van der Waals surface area contributed by atoms with Crippen LogP contribution in [0.2, 0.25) is 0 Å². The van der Waals surface area contributed by atoms with Crippen LogP contribution in [0.4, 0.5) is 4.79 Å². The molecular formula is C23H25N5O4. The molecular weight excluding hydrogens is 410 g/mol. The van der Waals surface area contributed by atoms with Gasteiger partial charge in [0.05, 0.1) is 25.5 Å². The van der Waals surface area contributed by atoms with E-state index in [4.69, 9.17) is 14.2 Å². The number of benzene rings is 2.